The van der Waals surface area contributed by atoms with Crippen molar-refractivity contribution in [2.45, 2.75) is 39.0 Å². The van der Waals surface area contributed by atoms with E-state index in [4.69, 9.17) is 4.74 Å². The second-order valence-electron chi connectivity index (χ2n) is 8.05. The van der Waals surface area contributed by atoms with Gasteiger partial charge >= 0.3 is 5.97 Å². The molecular weight excluding hydrogens is 350 g/mol. The highest BCUT2D eigenvalue weighted by atomic mass is 16.5. The average Bonchev–Trinajstić information content (AvgIpc) is 2.87. The van der Waals surface area contributed by atoms with E-state index < -0.39 is 5.97 Å². The Labute approximate surface area is 166 Å². The summed E-state index contributed by atoms with van der Waals surface area (Å²) in [5.41, 5.74) is 4.50. The highest BCUT2D eigenvalue weighted by Gasteiger charge is 2.38. The molecule has 0 bridgehead atoms. The Morgan fingerprint density at radius 3 is 2.32 bits per heavy atom. The predicted molar refractivity (Wildman–Crippen MR) is 112 cm³/mol. The van der Waals surface area contributed by atoms with Crippen LogP contribution in [0.15, 0.2) is 60.3 Å². The van der Waals surface area contributed by atoms with Gasteiger partial charge in [-0.1, -0.05) is 58.0 Å². The molecule has 28 heavy (non-hydrogen) atoms. The summed E-state index contributed by atoms with van der Waals surface area (Å²) in [5, 5.41) is 0. The van der Waals surface area contributed by atoms with Crippen molar-refractivity contribution in [3.8, 4) is 0 Å². The van der Waals surface area contributed by atoms with Gasteiger partial charge in [0.15, 0.2) is 12.4 Å². The van der Waals surface area contributed by atoms with Gasteiger partial charge in [-0.15, -0.1) is 0 Å². The summed E-state index contributed by atoms with van der Waals surface area (Å²) >= 11 is 0. The smallest absolute Gasteiger partial charge is 0.338 e. The Bertz CT molecular complexity index is 923. The number of esters is 1. The van der Waals surface area contributed by atoms with Crippen molar-refractivity contribution in [3.05, 3.63) is 77.0 Å². The third-order valence-corrected chi connectivity index (χ3v) is 5.40. The summed E-state index contributed by atoms with van der Waals surface area (Å²) in [7, 11) is 1.95. The number of carbonyl (C=O) groups is 2. The van der Waals surface area contributed by atoms with Gasteiger partial charge < -0.3 is 9.64 Å². The number of allylic oxidation sites excluding steroid dienone is 1. The first kappa shape index (κ1) is 19.9. The number of nitrogens with zero attached hydrogens (tertiary/aromatic N) is 1. The molecule has 146 valence electrons. The van der Waals surface area contributed by atoms with Gasteiger partial charge in [-0.3, -0.25) is 4.79 Å². The number of carbonyl (C=O) groups excluding carboxylic acids is 2. The summed E-state index contributed by atoms with van der Waals surface area (Å²) < 4.78 is 5.23. The fourth-order valence-corrected chi connectivity index (χ4v) is 3.68. The zero-order valence-electron chi connectivity index (χ0n) is 17.2. The Morgan fingerprint density at radius 2 is 1.71 bits per heavy atom. The molecule has 2 aromatic rings. The average molecular weight is 377 g/mol. The highest BCUT2D eigenvalue weighted by Crippen LogP contribution is 2.46. The lowest BCUT2D eigenvalue weighted by Crippen LogP contribution is -2.25. The van der Waals surface area contributed by atoms with E-state index >= 15 is 0 Å². The minimum atomic E-state index is -0.482. The van der Waals surface area contributed by atoms with Crippen LogP contribution in [0.2, 0.25) is 0 Å². The van der Waals surface area contributed by atoms with Crippen LogP contribution in [0, 0.1) is 0 Å². The molecule has 0 aliphatic carbocycles. The topological polar surface area (TPSA) is 46.6 Å². The van der Waals surface area contributed by atoms with E-state index in [-0.39, 0.29) is 17.8 Å². The molecule has 0 fully saturated rings. The molecule has 0 radical (unpaired) electrons. The monoisotopic (exact) mass is 377 g/mol. The second-order valence-corrected chi connectivity index (χ2v) is 8.05. The molecule has 0 saturated heterocycles. The van der Waals surface area contributed by atoms with Crippen LogP contribution in [-0.4, -0.2) is 25.4 Å². The van der Waals surface area contributed by atoms with Gasteiger partial charge in [0.25, 0.3) is 0 Å². The molecule has 1 heterocycles. The summed E-state index contributed by atoms with van der Waals surface area (Å²) in [4.78, 5) is 26.7. The van der Waals surface area contributed by atoms with Gasteiger partial charge in [-0.25, -0.2) is 4.79 Å². The third-order valence-electron chi connectivity index (χ3n) is 5.40. The summed E-state index contributed by atoms with van der Waals surface area (Å²) in [5.74, 6) is -0.312. The lowest BCUT2D eigenvalue weighted by Gasteiger charge is -2.23. The zero-order chi connectivity index (χ0) is 20.5. The fourth-order valence-electron chi connectivity index (χ4n) is 3.68. The number of ether oxygens (including phenoxy) is 1. The molecule has 1 aliphatic heterocycles. The van der Waals surface area contributed by atoms with Crippen molar-refractivity contribution in [2.24, 2.45) is 0 Å². The van der Waals surface area contributed by atoms with Crippen molar-refractivity contribution >= 4 is 17.4 Å². The summed E-state index contributed by atoms with van der Waals surface area (Å²) in [6.07, 6.45) is 1.59. The van der Waals surface area contributed by atoms with Crippen molar-refractivity contribution in [1.82, 2.24) is 0 Å². The van der Waals surface area contributed by atoms with Crippen LogP contribution in [0.5, 0.6) is 0 Å². The molecule has 0 aromatic heterocycles. The Balaban J connectivity index is 1.68. The molecular formula is C24H27NO3. The minimum absolute atomic E-state index is 0.227. The van der Waals surface area contributed by atoms with Crippen molar-refractivity contribution in [3.63, 3.8) is 0 Å². The fraction of sp³-hybridized carbons (Fsp3) is 0.333. The maximum atomic E-state index is 12.5. The quantitative estimate of drug-likeness (QED) is 0.552. The standard InChI is InChI=1S/C24H27NO3/c1-16(2)17-10-12-18(13-11-17)23(27)28-15-19(26)14-22-24(3,4)20-8-6-7-9-21(20)25(22)5/h6-14,16H,15H2,1-5H3/b22-14+. The van der Waals surface area contributed by atoms with Crippen LogP contribution in [-0.2, 0) is 14.9 Å². The Hall–Kier alpha value is -2.88. The Morgan fingerprint density at radius 1 is 1.07 bits per heavy atom. The SMILES string of the molecule is CC(C)c1ccc(C(=O)OCC(=O)/C=C2/N(C)c3ccccc3C2(C)C)cc1. The molecule has 4 nitrogen and oxygen atoms in total. The maximum Gasteiger partial charge on any atom is 0.338 e. The van der Waals surface area contributed by atoms with Gasteiger partial charge in [0.1, 0.15) is 0 Å². The number of likely N-dealkylation sites (N-methyl/N-ethyl adjacent to an activating group) is 1. The Kier molecular flexibility index (Phi) is 5.41. The van der Waals surface area contributed by atoms with Gasteiger partial charge in [0, 0.05) is 29.9 Å². The maximum absolute atomic E-state index is 12.5. The zero-order valence-corrected chi connectivity index (χ0v) is 17.2. The van der Waals surface area contributed by atoms with E-state index in [9.17, 15) is 9.59 Å². The lowest BCUT2D eigenvalue weighted by molar-refractivity contribution is -0.117. The minimum Gasteiger partial charge on any atom is -0.454 e. The predicted octanol–water partition coefficient (Wildman–Crippen LogP) is 4.85. The van der Waals surface area contributed by atoms with Crippen LogP contribution in [0.1, 0.15) is 55.1 Å². The second kappa shape index (κ2) is 7.63. The van der Waals surface area contributed by atoms with Gasteiger partial charge in [0.05, 0.1) is 5.56 Å². The molecule has 0 saturated carbocycles. The first-order valence-corrected chi connectivity index (χ1v) is 9.57. The number of hydrogen-bond donors (Lipinski definition) is 0. The molecule has 0 N–H and O–H groups in total. The van der Waals surface area contributed by atoms with Crippen LogP contribution in [0.25, 0.3) is 0 Å². The van der Waals surface area contributed by atoms with Gasteiger partial charge in [0.2, 0.25) is 0 Å². The van der Waals surface area contributed by atoms with E-state index in [2.05, 4.69) is 33.8 Å². The normalized spacial score (nSPS) is 16.4. The van der Waals surface area contributed by atoms with Crippen molar-refractivity contribution < 1.29 is 14.3 Å². The number of ketones is 1. The third kappa shape index (κ3) is 3.72. The molecule has 0 spiro atoms. The van der Waals surface area contributed by atoms with E-state index in [1.807, 2.05) is 42.3 Å². The van der Waals surface area contributed by atoms with Crippen LogP contribution < -0.4 is 4.90 Å². The van der Waals surface area contributed by atoms with Crippen LogP contribution in [0.4, 0.5) is 5.69 Å². The van der Waals surface area contributed by atoms with E-state index in [0.29, 0.717) is 11.5 Å². The van der Waals surface area contributed by atoms with Crippen molar-refractivity contribution in [2.75, 3.05) is 18.6 Å². The highest BCUT2D eigenvalue weighted by molar-refractivity contribution is 5.96. The molecule has 3 rings (SSSR count). The molecule has 0 atom stereocenters. The summed E-state index contributed by atoms with van der Waals surface area (Å²) in [6.45, 7) is 8.11. The number of rotatable bonds is 5. The van der Waals surface area contributed by atoms with Crippen LogP contribution >= 0.6 is 0 Å². The van der Waals surface area contributed by atoms with Gasteiger partial charge in [-0.05, 0) is 35.2 Å². The van der Waals surface area contributed by atoms with Gasteiger partial charge in [-0.2, -0.15) is 0 Å². The number of anilines is 1. The number of fused-ring (bicyclic) bond motifs is 1. The largest absolute Gasteiger partial charge is 0.454 e. The molecule has 2 aromatic carbocycles. The molecule has 0 amide bonds. The molecule has 0 unspecified atom stereocenters. The van der Waals surface area contributed by atoms with E-state index in [1.165, 1.54) is 5.56 Å². The molecule has 4 heteroatoms. The number of para-hydroxylation sites is 1. The first-order chi connectivity index (χ1) is 13.2. The van der Waals surface area contributed by atoms with E-state index in [0.717, 1.165) is 16.9 Å². The van der Waals surface area contributed by atoms with Crippen molar-refractivity contribution in [1.29, 1.82) is 0 Å². The number of benzene rings is 2. The summed E-state index contributed by atoms with van der Waals surface area (Å²) in [6, 6.07) is 15.4. The molecule has 1 aliphatic rings. The number of hydrogen-bond acceptors (Lipinski definition) is 4. The van der Waals surface area contributed by atoms with E-state index in [1.54, 1.807) is 18.2 Å². The lowest BCUT2D eigenvalue weighted by atomic mass is 9.83. The first-order valence-electron chi connectivity index (χ1n) is 9.57. The van der Waals surface area contributed by atoms with Crippen LogP contribution in [0.3, 0.4) is 0 Å².